The van der Waals surface area contributed by atoms with Gasteiger partial charge in [0, 0.05) is 0 Å². The summed E-state index contributed by atoms with van der Waals surface area (Å²) in [6.45, 7) is 3.70. The molecule has 0 radical (unpaired) electrons. The number of hydrogen-bond acceptors (Lipinski definition) is 2. The summed E-state index contributed by atoms with van der Waals surface area (Å²) in [5.41, 5.74) is 0.121. The van der Waals surface area contributed by atoms with E-state index in [4.69, 9.17) is 9.47 Å². The summed E-state index contributed by atoms with van der Waals surface area (Å²) >= 11 is 0. The molecule has 0 bridgehead atoms. The van der Waals surface area contributed by atoms with Gasteiger partial charge in [0.15, 0.2) is 23.2 Å². The van der Waals surface area contributed by atoms with Crippen LogP contribution in [0, 0.1) is 11.6 Å². The van der Waals surface area contributed by atoms with Gasteiger partial charge in [-0.05, 0) is 32.4 Å². The zero-order valence-electron chi connectivity index (χ0n) is 12.3. The fourth-order valence-corrected chi connectivity index (χ4v) is 2.08. The third-order valence-corrected chi connectivity index (χ3v) is 3.27. The molecule has 2 rings (SSSR count). The highest BCUT2D eigenvalue weighted by molar-refractivity contribution is 5.63. The Labute approximate surface area is 126 Å². The smallest absolute Gasteiger partial charge is 0.201 e. The van der Waals surface area contributed by atoms with E-state index in [0.717, 1.165) is 17.7 Å². The lowest BCUT2D eigenvalue weighted by molar-refractivity contribution is 0.0714. The number of halogens is 4. The van der Waals surface area contributed by atoms with Gasteiger partial charge in [-0.2, -0.15) is 4.39 Å². The van der Waals surface area contributed by atoms with Crippen molar-refractivity contribution in [1.82, 2.24) is 0 Å². The van der Waals surface area contributed by atoms with E-state index in [1.165, 1.54) is 0 Å². The molecule has 1 aliphatic rings. The van der Waals surface area contributed by atoms with Crippen LogP contribution in [0.2, 0.25) is 0 Å². The normalized spacial score (nSPS) is 19.5. The molecule has 1 aromatic carbocycles. The van der Waals surface area contributed by atoms with Crippen LogP contribution in [0.15, 0.2) is 29.6 Å². The van der Waals surface area contributed by atoms with Gasteiger partial charge in [0.05, 0.1) is 18.8 Å². The summed E-state index contributed by atoms with van der Waals surface area (Å²) in [4.78, 5) is 0. The Morgan fingerprint density at radius 3 is 2.59 bits per heavy atom. The maximum Gasteiger partial charge on any atom is 0.201 e. The summed E-state index contributed by atoms with van der Waals surface area (Å²) in [6.07, 6.45) is 0.736. The first-order chi connectivity index (χ1) is 10.5. The molecule has 1 aliphatic heterocycles. The van der Waals surface area contributed by atoms with Crippen molar-refractivity contribution in [3.05, 3.63) is 46.8 Å². The molecule has 2 nitrogen and oxygen atoms in total. The van der Waals surface area contributed by atoms with Crippen LogP contribution in [0.1, 0.15) is 25.8 Å². The van der Waals surface area contributed by atoms with Gasteiger partial charge in [0.2, 0.25) is 5.82 Å². The molecule has 0 amide bonds. The van der Waals surface area contributed by atoms with E-state index in [-0.39, 0.29) is 25.4 Å². The van der Waals surface area contributed by atoms with E-state index < -0.39 is 35.0 Å². The molecule has 6 heteroatoms. The molecule has 0 aliphatic carbocycles. The van der Waals surface area contributed by atoms with Crippen molar-refractivity contribution in [2.45, 2.75) is 26.4 Å². The Balaban J connectivity index is 2.34. The maximum absolute atomic E-state index is 14.1. The number of benzene rings is 1. The highest BCUT2D eigenvalue weighted by atomic mass is 19.2. The molecule has 0 saturated heterocycles. The largest absolute Gasteiger partial charge is 0.491 e. The second kappa shape index (κ2) is 6.96. The molecule has 120 valence electrons. The molecule has 22 heavy (non-hydrogen) atoms. The van der Waals surface area contributed by atoms with Gasteiger partial charge in [-0.1, -0.05) is 11.6 Å². The summed E-state index contributed by atoms with van der Waals surface area (Å²) in [5, 5.41) is 0. The first-order valence-corrected chi connectivity index (χ1v) is 6.89. The average Bonchev–Trinajstić information content (AvgIpc) is 2.52. The molecule has 0 aromatic heterocycles. The molecule has 0 spiro atoms. The third-order valence-electron chi connectivity index (χ3n) is 3.27. The van der Waals surface area contributed by atoms with Gasteiger partial charge < -0.3 is 9.47 Å². The van der Waals surface area contributed by atoms with Gasteiger partial charge in [0.1, 0.15) is 6.10 Å². The van der Waals surface area contributed by atoms with Crippen molar-refractivity contribution in [1.29, 1.82) is 0 Å². The van der Waals surface area contributed by atoms with Crippen molar-refractivity contribution < 1.29 is 27.0 Å². The van der Waals surface area contributed by atoms with Crippen LogP contribution < -0.4 is 4.74 Å². The third kappa shape index (κ3) is 3.32. The minimum Gasteiger partial charge on any atom is -0.491 e. The summed E-state index contributed by atoms with van der Waals surface area (Å²) in [6, 6.07) is 2.01. The molecule has 0 saturated carbocycles. The van der Waals surface area contributed by atoms with Crippen LogP contribution >= 0.6 is 0 Å². The maximum atomic E-state index is 14.1. The Morgan fingerprint density at radius 1 is 1.27 bits per heavy atom. The number of hydrogen-bond donors (Lipinski definition) is 0. The molecule has 1 aromatic rings. The van der Waals surface area contributed by atoms with Crippen LogP contribution in [0.5, 0.6) is 5.75 Å². The molecule has 0 fully saturated rings. The van der Waals surface area contributed by atoms with E-state index in [1.54, 1.807) is 19.9 Å². The fraction of sp³-hybridized carbons (Fsp3) is 0.375. The predicted octanol–water partition coefficient (Wildman–Crippen LogP) is 4.71. The van der Waals surface area contributed by atoms with E-state index in [9.17, 15) is 17.6 Å². The van der Waals surface area contributed by atoms with E-state index in [0.29, 0.717) is 0 Å². The van der Waals surface area contributed by atoms with E-state index >= 15 is 0 Å². The Kier molecular flexibility index (Phi) is 5.24. The van der Waals surface area contributed by atoms with Crippen molar-refractivity contribution in [2.24, 2.45) is 0 Å². The highest BCUT2D eigenvalue weighted by Gasteiger charge is 2.26. The quantitative estimate of drug-likeness (QED) is 0.592. The second-order valence-electron chi connectivity index (χ2n) is 4.92. The number of ether oxygens (including phenoxy) is 2. The minimum atomic E-state index is -1.49. The molecule has 0 N–H and O–H groups in total. The topological polar surface area (TPSA) is 18.5 Å². The number of rotatable bonds is 4. The van der Waals surface area contributed by atoms with E-state index in [2.05, 4.69) is 0 Å². The van der Waals surface area contributed by atoms with Crippen molar-refractivity contribution in [2.75, 3.05) is 13.2 Å². The minimum absolute atomic E-state index is 0.129. The van der Waals surface area contributed by atoms with Crippen LogP contribution in [0.25, 0.3) is 5.83 Å². The van der Waals surface area contributed by atoms with Gasteiger partial charge in [0.25, 0.3) is 0 Å². The summed E-state index contributed by atoms with van der Waals surface area (Å²) in [5.74, 6) is -5.88. The lowest BCUT2D eigenvalue weighted by Gasteiger charge is -2.20. The molecular weight excluding hydrogens is 300 g/mol. The zero-order chi connectivity index (χ0) is 16.3. The van der Waals surface area contributed by atoms with Crippen LogP contribution in [0.3, 0.4) is 0 Å². The zero-order valence-corrected chi connectivity index (χ0v) is 12.3. The average molecular weight is 316 g/mol. The van der Waals surface area contributed by atoms with E-state index in [1.807, 2.05) is 0 Å². The Bertz CT molecular complexity index is 623. The molecule has 1 atom stereocenters. The van der Waals surface area contributed by atoms with Crippen molar-refractivity contribution in [3.8, 4) is 5.75 Å². The first-order valence-electron chi connectivity index (χ1n) is 6.89. The lowest BCUT2D eigenvalue weighted by atomic mass is 10.1. The molecule has 1 heterocycles. The van der Waals surface area contributed by atoms with Crippen molar-refractivity contribution in [3.63, 3.8) is 0 Å². The highest BCUT2D eigenvalue weighted by Crippen LogP contribution is 2.33. The summed E-state index contributed by atoms with van der Waals surface area (Å²) < 4.78 is 65.8. The second-order valence-corrected chi connectivity index (χ2v) is 4.92. The Morgan fingerprint density at radius 2 is 2.00 bits per heavy atom. The van der Waals surface area contributed by atoms with Crippen molar-refractivity contribution >= 4 is 5.83 Å². The SMILES string of the molecule is CCOc1ccc(/C(F)=C(\F)C2CC=C(C)CO2)c(F)c1F. The fourth-order valence-electron chi connectivity index (χ4n) is 2.08. The first kappa shape index (κ1) is 16.5. The summed E-state index contributed by atoms with van der Waals surface area (Å²) in [7, 11) is 0. The Hall–Kier alpha value is -1.82. The van der Waals surface area contributed by atoms with Gasteiger partial charge in [-0.3, -0.25) is 0 Å². The van der Waals surface area contributed by atoms with Gasteiger partial charge >= 0.3 is 0 Å². The molecular formula is C16H16F4O2. The van der Waals surface area contributed by atoms with Gasteiger partial charge in [-0.25, -0.2) is 13.2 Å². The monoisotopic (exact) mass is 316 g/mol. The van der Waals surface area contributed by atoms with Gasteiger partial charge in [-0.15, -0.1) is 0 Å². The van der Waals surface area contributed by atoms with Crippen LogP contribution in [-0.4, -0.2) is 19.3 Å². The molecule has 1 unspecified atom stereocenters. The van der Waals surface area contributed by atoms with Crippen LogP contribution in [0.4, 0.5) is 17.6 Å². The standard InChI is InChI=1S/C16H16F4O2/c1-3-21-11-7-5-10(13(17)15(11)19)14(18)16(20)12-6-4-9(2)8-22-12/h4-5,7,12H,3,6,8H2,1-2H3/b16-14+. The predicted molar refractivity (Wildman–Crippen MR) is 74.8 cm³/mol. The van der Waals surface area contributed by atoms with Crippen LogP contribution in [-0.2, 0) is 4.74 Å². The lowest BCUT2D eigenvalue weighted by Crippen LogP contribution is -2.19.